The lowest BCUT2D eigenvalue weighted by atomic mass is 10.2. The maximum atomic E-state index is 12.3. The molecule has 0 bridgehead atoms. The van der Waals surface area contributed by atoms with Gasteiger partial charge < -0.3 is 4.57 Å². The van der Waals surface area contributed by atoms with Crippen molar-refractivity contribution in [1.29, 1.82) is 0 Å². The van der Waals surface area contributed by atoms with E-state index in [1.165, 1.54) is 30.1 Å². The van der Waals surface area contributed by atoms with Crippen LogP contribution in [0, 0.1) is 10.1 Å². The summed E-state index contributed by atoms with van der Waals surface area (Å²) in [6.07, 6.45) is 4.46. The summed E-state index contributed by atoms with van der Waals surface area (Å²) in [6, 6.07) is 21.8. The minimum absolute atomic E-state index is 0.000857. The summed E-state index contributed by atoms with van der Waals surface area (Å²) in [7, 11) is 0. The van der Waals surface area contributed by atoms with E-state index in [4.69, 9.17) is 11.6 Å². The molecule has 0 atom stereocenters. The van der Waals surface area contributed by atoms with E-state index >= 15 is 0 Å². The minimum Gasteiger partial charge on any atom is -0.314 e. The molecule has 176 valence electrons. The van der Waals surface area contributed by atoms with Crippen LogP contribution in [0.3, 0.4) is 0 Å². The maximum absolute atomic E-state index is 12.3. The van der Waals surface area contributed by atoms with Crippen LogP contribution in [0.25, 0.3) is 17.1 Å². The number of benzene rings is 3. The molecule has 1 N–H and O–H groups in total. The van der Waals surface area contributed by atoms with E-state index in [-0.39, 0.29) is 17.3 Å². The lowest BCUT2D eigenvalue weighted by molar-refractivity contribution is -0.385. The van der Waals surface area contributed by atoms with Crippen LogP contribution in [0.5, 0.6) is 0 Å². The topological polar surface area (TPSA) is 102 Å². The van der Waals surface area contributed by atoms with Crippen LogP contribution in [0.15, 0.2) is 89.1 Å². The molecule has 10 heteroatoms. The summed E-state index contributed by atoms with van der Waals surface area (Å²) < 4.78 is 2.06. The van der Waals surface area contributed by atoms with Crippen molar-refractivity contribution in [3.8, 4) is 0 Å². The zero-order chi connectivity index (χ0) is 24.6. The number of hydrogen-bond acceptors (Lipinski definition) is 6. The number of nitro groups is 1. The molecule has 0 fully saturated rings. The Labute approximate surface area is 210 Å². The van der Waals surface area contributed by atoms with Crippen LogP contribution in [0.4, 0.5) is 5.69 Å². The number of nitrogens with one attached hydrogen (secondary N) is 1. The molecule has 1 amide bonds. The minimum atomic E-state index is -0.448. The summed E-state index contributed by atoms with van der Waals surface area (Å²) >= 11 is 7.32. The number of hydrazone groups is 1. The molecule has 0 saturated carbocycles. The summed E-state index contributed by atoms with van der Waals surface area (Å²) in [5.41, 5.74) is 5.80. The second-order valence-electron chi connectivity index (χ2n) is 7.37. The number of imidazole rings is 1. The Morgan fingerprint density at radius 3 is 2.66 bits per heavy atom. The number of amides is 1. The molecule has 0 aliphatic carbocycles. The normalized spacial score (nSPS) is 11.5. The van der Waals surface area contributed by atoms with Crippen molar-refractivity contribution in [2.75, 3.05) is 5.75 Å². The fourth-order valence-electron chi connectivity index (χ4n) is 3.34. The van der Waals surface area contributed by atoms with Crippen molar-refractivity contribution in [2.24, 2.45) is 5.10 Å². The SMILES string of the molecule is O=C(CSc1nc2ccccc2n1Cc1ccc(Cl)cc1)N/N=C/C=C\c1ccccc1[N+](=O)[O-]. The molecule has 0 unspecified atom stereocenters. The van der Waals surface area contributed by atoms with Crippen LogP contribution in [-0.2, 0) is 11.3 Å². The highest BCUT2D eigenvalue weighted by molar-refractivity contribution is 7.99. The number of carbonyl (C=O) groups is 1. The van der Waals surface area contributed by atoms with Gasteiger partial charge in [-0.15, -0.1) is 0 Å². The zero-order valence-electron chi connectivity index (χ0n) is 18.4. The van der Waals surface area contributed by atoms with Crippen LogP contribution >= 0.6 is 23.4 Å². The molecule has 3 aromatic carbocycles. The summed E-state index contributed by atoms with van der Waals surface area (Å²) in [6.45, 7) is 0.593. The van der Waals surface area contributed by atoms with Gasteiger partial charge >= 0.3 is 0 Å². The fourth-order valence-corrected chi connectivity index (χ4v) is 4.28. The number of allylic oxidation sites excluding steroid dienone is 1. The third-order valence-corrected chi connectivity index (χ3v) is 6.19. The molecular formula is C25H20ClN5O3S. The van der Waals surface area contributed by atoms with Crippen molar-refractivity contribution in [3.63, 3.8) is 0 Å². The van der Waals surface area contributed by atoms with E-state index in [1.54, 1.807) is 24.3 Å². The maximum Gasteiger partial charge on any atom is 0.276 e. The number of para-hydroxylation sites is 3. The van der Waals surface area contributed by atoms with Gasteiger partial charge in [-0.25, -0.2) is 10.4 Å². The molecule has 4 rings (SSSR count). The van der Waals surface area contributed by atoms with Crippen LogP contribution in [-0.4, -0.2) is 32.3 Å². The van der Waals surface area contributed by atoms with E-state index < -0.39 is 4.92 Å². The molecule has 0 saturated heterocycles. The third kappa shape index (κ3) is 6.34. The average molecular weight is 506 g/mol. The van der Waals surface area contributed by atoms with Gasteiger partial charge in [-0.3, -0.25) is 14.9 Å². The standard InChI is InChI=1S/C25H20ClN5O3S/c26-20-13-11-18(12-14-20)16-30-23-10-4-2-8-21(23)28-25(30)35-17-24(32)29-27-15-5-7-19-6-1-3-9-22(19)31(33)34/h1-15H,16-17H2,(H,29,32)/b7-5-,27-15+. The average Bonchev–Trinajstić information content (AvgIpc) is 3.21. The van der Waals surface area contributed by atoms with Crippen molar-refractivity contribution < 1.29 is 9.72 Å². The van der Waals surface area contributed by atoms with Crippen molar-refractivity contribution in [2.45, 2.75) is 11.7 Å². The quantitative estimate of drug-likeness (QED) is 0.139. The number of rotatable bonds is 9. The lowest BCUT2D eigenvalue weighted by Gasteiger charge is -2.09. The van der Waals surface area contributed by atoms with Crippen molar-refractivity contribution in [3.05, 3.63) is 105 Å². The summed E-state index contributed by atoms with van der Waals surface area (Å²) in [4.78, 5) is 27.6. The van der Waals surface area contributed by atoms with Gasteiger partial charge in [0, 0.05) is 17.3 Å². The molecule has 8 nitrogen and oxygen atoms in total. The summed E-state index contributed by atoms with van der Waals surface area (Å²) in [5, 5.41) is 16.3. The number of fused-ring (bicyclic) bond motifs is 1. The molecule has 1 heterocycles. The van der Waals surface area contributed by atoms with Gasteiger partial charge in [0.2, 0.25) is 0 Å². The summed E-state index contributed by atoms with van der Waals surface area (Å²) in [5.74, 6) is -0.176. The lowest BCUT2D eigenvalue weighted by Crippen LogP contribution is -2.19. The van der Waals surface area contributed by atoms with Crippen LogP contribution in [0.1, 0.15) is 11.1 Å². The van der Waals surface area contributed by atoms with Gasteiger partial charge in [0.05, 0.1) is 33.8 Å². The van der Waals surface area contributed by atoms with Crippen molar-refractivity contribution in [1.82, 2.24) is 15.0 Å². The van der Waals surface area contributed by atoms with Gasteiger partial charge in [-0.05, 0) is 48.0 Å². The molecule has 0 aliphatic heterocycles. The van der Waals surface area contributed by atoms with Gasteiger partial charge in [0.1, 0.15) is 0 Å². The second-order valence-corrected chi connectivity index (χ2v) is 8.75. The van der Waals surface area contributed by atoms with E-state index in [9.17, 15) is 14.9 Å². The van der Waals surface area contributed by atoms with Crippen LogP contribution in [0.2, 0.25) is 5.02 Å². The Hall–Kier alpha value is -3.95. The largest absolute Gasteiger partial charge is 0.314 e. The molecular weight excluding hydrogens is 486 g/mol. The Balaban J connectivity index is 1.38. The van der Waals surface area contributed by atoms with E-state index in [0.717, 1.165) is 21.8 Å². The number of hydrogen-bond donors (Lipinski definition) is 1. The molecule has 0 radical (unpaired) electrons. The molecule has 0 aliphatic rings. The van der Waals surface area contributed by atoms with Gasteiger partial charge in [0.25, 0.3) is 11.6 Å². The van der Waals surface area contributed by atoms with Crippen LogP contribution < -0.4 is 5.43 Å². The smallest absolute Gasteiger partial charge is 0.276 e. The van der Waals surface area contributed by atoms with Gasteiger partial charge in [0.15, 0.2) is 5.16 Å². The van der Waals surface area contributed by atoms with E-state index in [2.05, 4.69) is 20.1 Å². The number of carbonyl (C=O) groups excluding carboxylic acids is 1. The second kappa shape index (κ2) is 11.5. The molecule has 35 heavy (non-hydrogen) atoms. The first-order chi connectivity index (χ1) is 17.0. The Kier molecular flexibility index (Phi) is 7.92. The first-order valence-electron chi connectivity index (χ1n) is 10.6. The molecule has 0 spiro atoms. The Bertz CT molecular complexity index is 1420. The van der Waals surface area contributed by atoms with E-state index in [0.29, 0.717) is 17.1 Å². The highest BCUT2D eigenvalue weighted by atomic mass is 35.5. The predicted molar refractivity (Wildman–Crippen MR) is 140 cm³/mol. The number of nitro benzene ring substituents is 1. The first kappa shape index (κ1) is 24.2. The number of thioether (sulfide) groups is 1. The van der Waals surface area contributed by atoms with E-state index in [1.807, 2.05) is 48.5 Å². The number of aromatic nitrogens is 2. The highest BCUT2D eigenvalue weighted by Gasteiger charge is 2.13. The van der Waals surface area contributed by atoms with Gasteiger partial charge in [-0.2, -0.15) is 5.10 Å². The molecule has 4 aromatic rings. The first-order valence-corrected chi connectivity index (χ1v) is 11.9. The van der Waals surface area contributed by atoms with Crippen molar-refractivity contribution >= 4 is 58.3 Å². The monoisotopic (exact) mass is 505 g/mol. The fraction of sp³-hybridized carbons (Fsp3) is 0.0800. The zero-order valence-corrected chi connectivity index (χ0v) is 19.9. The molecule has 1 aromatic heterocycles. The highest BCUT2D eigenvalue weighted by Crippen LogP contribution is 2.25. The number of halogens is 1. The number of nitrogens with zero attached hydrogens (tertiary/aromatic N) is 4. The van der Waals surface area contributed by atoms with Gasteiger partial charge in [-0.1, -0.05) is 59.8 Å². The third-order valence-electron chi connectivity index (χ3n) is 4.96. The Morgan fingerprint density at radius 1 is 1.11 bits per heavy atom. The predicted octanol–water partition coefficient (Wildman–Crippen LogP) is 5.55. The Morgan fingerprint density at radius 2 is 1.86 bits per heavy atom.